The second kappa shape index (κ2) is 6.98. The van der Waals surface area contributed by atoms with E-state index in [1.54, 1.807) is 17.0 Å². The number of rotatable bonds is 6. The van der Waals surface area contributed by atoms with Crippen molar-refractivity contribution in [3.8, 4) is 17.2 Å². The fourth-order valence-corrected chi connectivity index (χ4v) is 3.08. The molecule has 1 aliphatic heterocycles. The van der Waals surface area contributed by atoms with Gasteiger partial charge in [0.25, 0.3) is 0 Å². The molecule has 2 aliphatic rings. The van der Waals surface area contributed by atoms with Gasteiger partial charge in [0.1, 0.15) is 0 Å². The molecular formula is C18H22N4O5. The van der Waals surface area contributed by atoms with E-state index < -0.39 is 0 Å². The molecule has 1 aliphatic carbocycles. The van der Waals surface area contributed by atoms with Gasteiger partial charge in [-0.15, -0.1) is 0 Å². The number of nitrogens with one attached hydrogen (secondary N) is 1. The molecule has 1 saturated heterocycles. The number of anilines is 1. The maximum atomic E-state index is 12.5. The predicted octanol–water partition coefficient (Wildman–Crippen LogP) is 2.60. The molecule has 9 heteroatoms. The zero-order valence-electron chi connectivity index (χ0n) is 15.5. The third-order valence-electron chi connectivity index (χ3n) is 4.83. The average Bonchev–Trinajstić information content (AvgIpc) is 3.38. The van der Waals surface area contributed by atoms with Crippen LogP contribution in [0.4, 0.5) is 10.5 Å². The van der Waals surface area contributed by atoms with E-state index in [0.29, 0.717) is 47.8 Å². The zero-order valence-corrected chi connectivity index (χ0v) is 15.5. The summed E-state index contributed by atoms with van der Waals surface area (Å²) in [6.45, 7) is 1.09. The van der Waals surface area contributed by atoms with Crippen molar-refractivity contribution in [1.29, 1.82) is 0 Å². The normalized spacial score (nSPS) is 16.6. The first-order valence-corrected chi connectivity index (χ1v) is 8.82. The van der Waals surface area contributed by atoms with Gasteiger partial charge in [0, 0.05) is 31.1 Å². The van der Waals surface area contributed by atoms with Gasteiger partial charge in [-0.1, -0.05) is 5.16 Å². The lowest BCUT2D eigenvalue weighted by molar-refractivity contribution is 0.147. The van der Waals surface area contributed by atoms with Crippen molar-refractivity contribution in [3.63, 3.8) is 0 Å². The molecule has 1 aromatic carbocycles. The molecule has 0 radical (unpaired) electrons. The third kappa shape index (κ3) is 3.36. The average molecular weight is 374 g/mol. The van der Waals surface area contributed by atoms with Gasteiger partial charge >= 0.3 is 6.03 Å². The fourth-order valence-electron chi connectivity index (χ4n) is 3.08. The summed E-state index contributed by atoms with van der Waals surface area (Å²) >= 11 is 0. The van der Waals surface area contributed by atoms with E-state index >= 15 is 0 Å². The summed E-state index contributed by atoms with van der Waals surface area (Å²) in [5.41, 5.74) is 0.562. The first-order chi connectivity index (χ1) is 13.1. The first kappa shape index (κ1) is 17.4. The monoisotopic (exact) mass is 374 g/mol. The van der Waals surface area contributed by atoms with Crippen LogP contribution < -0.4 is 19.5 Å². The summed E-state index contributed by atoms with van der Waals surface area (Å²) in [6.07, 6.45) is 2.26. The van der Waals surface area contributed by atoms with Crippen molar-refractivity contribution in [1.82, 2.24) is 15.0 Å². The van der Waals surface area contributed by atoms with Crippen LogP contribution in [0.3, 0.4) is 0 Å². The Morgan fingerprint density at radius 2 is 1.78 bits per heavy atom. The van der Waals surface area contributed by atoms with Crippen LogP contribution in [0, 0.1) is 0 Å². The van der Waals surface area contributed by atoms with Crippen molar-refractivity contribution in [2.45, 2.75) is 24.7 Å². The number of urea groups is 1. The van der Waals surface area contributed by atoms with E-state index in [0.717, 1.165) is 18.7 Å². The summed E-state index contributed by atoms with van der Waals surface area (Å²) in [5, 5.41) is 6.88. The van der Waals surface area contributed by atoms with E-state index in [2.05, 4.69) is 15.5 Å². The molecule has 27 heavy (non-hydrogen) atoms. The molecule has 0 atom stereocenters. The Labute approximate surface area is 156 Å². The Morgan fingerprint density at radius 1 is 1.11 bits per heavy atom. The number of carbonyl (C=O) groups excluding carboxylic acids is 1. The second-order valence-electron chi connectivity index (χ2n) is 6.71. The maximum absolute atomic E-state index is 12.5. The van der Waals surface area contributed by atoms with Gasteiger partial charge in [0.2, 0.25) is 11.6 Å². The summed E-state index contributed by atoms with van der Waals surface area (Å²) in [7, 11) is 4.59. The van der Waals surface area contributed by atoms with Crippen LogP contribution in [0.15, 0.2) is 16.7 Å². The molecule has 1 aromatic heterocycles. The SMILES string of the molecule is COc1cc(NC(=O)N2CC(c3nc(C4CC4)no3)C2)cc(OC)c1OC. The van der Waals surface area contributed by atoms with Crippen LogP contribution in [0.25, 0.3) is 0 Å². The first-order valence-electron chi connectivity index (χ1n) is 8.82. The molecule has 2 fully saturated rings. The number of likely N-dealkylation sites (tertiary alicyclic amines) is 1. The van der Waals surface area contributed by atoms with Crippen LogP contribution in [0.5, 0.6) is 17.2 Å². The highest BCUT2D eigenvalue weighted by molar-refractivity contribution is 5.91. The molecule has 2 heterocycles. The van der Waals surface area contributed by atoms with Crippen molar-refractivity contribution in [2.75, 3.05) is 39.7 Å². The number of methoxy groups -OCH3 is 3. The Bertz CT molecular complexity index is 817. The van der Waals surface area contributed by atoms with Crippen molar-refractivity contribution < 1.29 is 23.5 Å². The van der Waals surface area contributed by atoms with E-state index in [9.17, 15) is 4.79 Å². The fraction of sp³-hybridized carbons (Fsp3) is 0.500. The molecule has 0 spiro atoms. The topological polar surface area (TPSA) is 99.0 Å². The number of carbonyl (C=O) groups is 1. The maximum Gasteiger partial charge on any atom is 0.321 e. The molecular weight excluding hydrogens is 352 g/mol. The Morgan fingerprint density at radius 3 is 2.33 bits per heavy atom. The number of hydrogen-bond acceptors (Lipinski definition) is 7. The van der Waals surface area contributed by atoms with Gasteiger partial charge in [0.05, 0.1) is 32.9 Å². The number of hydrogen-bond donors (Lipinski definition) is 1. The minimum Gasteiger partial charge on any atom is -0.493 e. The highest BCUT2D eigenvalue weighted by atomic mass is 16.5. The number of amides is 2. The molecule has 0 bridgehead atoms. The Hall–Kier alpha value is -2.97. The predicted molar refractivity (Wildman–Crippen MR) is 95.7 cm³/mol. The number of aromatic nitrogens is 2. The minimum atomic E-state index is -0.206. The minimum absolute atomic E-state index is 0.0932. The lowest BCUT2D eigenvalue weighted by Gasteiger charge is -2.36. The molecule has 2 aromatic rings. The van der Waals surface area contributed by atoms with Crippen LogP contribution in [0.2, 0.25) is 0 Å². The smallest absolute Gasteiger partial charge is 0.321 e. The van der Waals surface area contributed by atoms with Gasteiger partial charge in [0.15, 0.2) is 17.3 Å². The number of ether oxygens (including phenoxy) is 3. The number of benzene rings is 1. The van der Waals surface area contributed by atoms with E-state index in [1.165, 1.54) is 21.3 Å². The Balaban J connectivity index is 1.38. The highest BCUT2D eigenvalue weighted by Gasteiger charge is 2.37. The van der Waals surface area contributed by atoms with Gasteiger partial charge in [-0.3, -0.25) is 0 Å². The molecule has 1 N–H and O–H groups in total. The highest BCUT2D eigenvalue weighted by Crippen LogP contribution is 2.41. The third-order valence-corrected chi connectivity index (χ3v) is 4.83. The van der Waals surface area contributed by atoms with Crippen LogP contribution >= 0.6 is 0 Å². The van der Waals surface area contributed by atoms with E-state index in [1.807, 2.05) is 0 Å². The van der Waals surface area contributed by atoms with Gasteiger partial charge in [-0.25, -0.2) is 4.79 Å². The summed E-state index contributed by atoms with van der Waals surface area (Å²) in [6, 6.07) is 3.18. The quantitative estimate of drug-likeness (QED) is 0.830. The molecule has 9 nitrogen and oxygen atoms in total. The molecule has 0 unspecified atom stereocenters. The van der Waals surface area contributed by atoms with Crippen molar-refractivity contribution >= 4 is 11.7 Å². The van der Waals surface area contributed by atoms with Crippen LogP contribution in [-0.4, -0.2) is 55.5 Å². The molecule has 2 amide bonds. The lowest BCUT2D eigenvalue weighted by atomic mass is 10.0. The second-order valence-corrected chi connectivity index (χ2v) is 6.71. The largest absolute Gasteiger partial charge is 0.493 e. The van der Waals surface area contributed by atoms with E-state index in [-0.39, 0.29) is 11.9 Å². The molecule has 4 rings (SSSR count). The van der Waals surface area contributed by atoms with Gasteiger partial charge < -0.3 is 29.0 Å². The summed E-state index contributed by atoms with van der Waals surface area (Å²) in [5.74, 6) is 3.40. The summed E-state index contributed by atoms with van der Waals surface area (Å²) in [4.78, 5) is 18.6. The number of nitrogens with zero attached hydrogens (tertiary/aromatic N) is 3. The van der Waals surface area contributed by atoms with E-state index in [4.69, 9.17) is 18.7 Å². The van der Waals surface area contributed by atoms with Gasteiger partial charge in [-0.05, 0) is 12.8 Å². The zero-order chi connectivity index (χ0) is 19.0. The summed E-state index contributed by atoms with van der Waals surface area (Å²) < 4.78 is 21.2. The standard InChI is InChI=1S/C18H22N4O5/c1-24-13-6-12(7-14(25-2)15(13)26-3)19-18(23)22-8-11(9-22)17-20-16(21-27-17)10-4-5-10/h6-7,10-11H,4-5,8-9H2,1-3H3,(H,19,23). The Kier molecular flexibility index (Phi) is 4.51. The van der Waals surface area contributed by atoms with Gasteiger partial charge in [-0.2, -0.15) is 4.98 Å². The van der Waals surface area contributed by atoms with Crippen molar-refractivity contribution in [2.24, 2.45) is 0 Å². The van der Waals surface area contributed by atoms with Crippen molar-refractivity contribution in [3.05, 3.63) is 23.8 Å². The molecule has 144 valence electrons. The van der Waals surface area contributed by atoms with Crippen LogP contribution in [0.1, 0.15) is 36.4 Å². The molecule has 1 saturated carbocycles. The van der Waals surface area contributed by atoms with Crippen LogP contribution in [-0.2, 0) is 0 Å². The lowest BCUT2D eigenvalue weighted by Crippen LogP contribution is -2.50.